The van der Waals surface area contributed by atoms with E-state index >= 15 is 0 Å². The molecule has 2 nitrogen and oxygen atoms in total. The van der Waals surface area contributed by atoms with E-state index in [9.17, 15) is 9.18 Å². The van der Waals surface area contributed by atoms with Crippen molar-refractivity contribution < 1.29 is 13.9 Å². The van der Waals surface area contributed by atoms with Gasteiger partial charge in [0.05, 0.1) is 12.7 Å². The summed E-state index contributed by atoms with van der Waals surface area (Å²) in [4.78, 5) is 12.1. The molecule has 0 heterocycles. The van der Waals surface area contributed by atoms with Crippen LogP contribution in [-0.2, 0) is 0 Å². The lowest BCUT2D eigenvalue weighted by Crippen LogP contribution is -1.99. The van der Waals surface area contributed by atoms with Crippen molar-refractivity contribution in [1.29, 1.82) is 0 Å². The predicted octanol–water partition coefficient (Wildman–Crippen LogP) is 4.04. The lowest BCUT2D eigenvalue weighted by Gasteiger charge is -2.06. The molecule has 2 aromatic rings. The van der Waals surface area contributed by atoms with Gasteiger partial charge in [-0.05, 0) is 48.4 Å². The number of carbonyl (C=O) groups excluding carboxylic acids is 1. The first-order valence-corrected chi connectivity index (χ1v) is 6.23. The second-order valence-corrected chi connectivity index (χ2v) is 4.45. The van der Waals surface area contributed by atoms with Gasteiger partial charge in [0.2, 0.25) is 0 Å². The lowest BCUT2D eigenvalue weighted by molar-refractivity contribution is 0.104. The molecule has 0 atom stereocenters. The predicted molar refractivity (Wildman–Crippen MR) is 77.5 cm³/mol. The van der Waals surface area contributed by atoms with Gasteiger partial charge in [0, 0.05) is 0 Å². The average molecular weight is 270 g/mol. The van der Waals surface area contributed by atoms with E-state index in [0.29, 0.717) is 11.3 Å². The molecule has 0 aliphatic heterocycles. The highest BCUT2D eigenvalue weighted by atomic mass is 19.1. The van der Waals surface area contributed by atoms with Crippen molar-refractivity contribution in [2.45, 2.75) is 6.92 Å². The number of hydrogen-bond acceptors (Lipinski definition) is 2. The van der Waals surface area contributed by atoms with Crippen molar-refractivity contribution in [1.82, 2.24) is 0 Å². The normalized spacial score (nSPS) is 10.8. The summed E-state index contributed by atoms with van der Waals surface area (Å²) in [5, 5.41) is 0. The van der Waals surface area contributed by atoms with Gasteiger partial charge >= 0.3 is 0 Å². The number of aryl methyl sites for hydroxylation is 1. The minimum absolute atomic E-state index is 0.147. The third-order valence-corrected chi connectivity index (χ3v) is 2.92. The Morgan fingerprint density at radius 1 is 1.15 bits per heavy atom. The van der Waals surface area contributed by atoms with Crippen LogP contribution in [0, 0.1) is 12.7 Å². The molecule has 0 N–H and O–H groups in total. The quantitative estimate of drug-likeness (QED) is 0.619. The van der Waals surface area contributed by atoms with Crippen molar-refractivity contribution in [3.8, 4) is 5.75 Å². The standard InChI is InChI=1S/C17H15FO2/c1-12-3-9-15(17(11-12)20-2)16(19)10-6-13-4-7-14(18)8-5-13/h3-11H,1-2H3/b10-6+. The molecule has 3 heteroatoms. The van der Waals surface area contributed by atoms with Crippen molar-refractivity contribution >= 4 is 11.9 Å². The molecule has 20 heavy (non-hydrogen) atoms. The molecule has 2 rings (SSSR count). The number of methoxy groups -OCH3 is 1. The molecule has 0 aliphatic rings. The number of benzene rings is 2. The molecule has 0 aromatic heterocycles. The zero-order valence-electron chi connectivity index (χ0n) is 11.4. The first-order valence-electron chi connectivity index (χ1n) is 6.23. The van der Waals surface area contributed by atoms with E-state index < -0.39 is 0 Å². The Morgan fingerprint density at radius 3 is 2.50 bits per heavy atom. The van der Waals surface area contributed by atoms with Gasteiger partial charge in [0.1, 0.15) is 11.6 Å². The number of halogens is 1. The molecular weight excluding hydrogens is 255 g/mol. The van der Waals surface area contributed by atoms with Crippen LogP contribution in [0.2, 0.25) is 0 Å². The summed E-state index contributed by atoms with van der Waals surface area (Å²) in [6.07, 6.45) is 3.11. The molecule has 0 saturated carbocycles. The maximum absolute atomic E-state index is 12.8. The Kier molecular flexibility index (Phi) is 4.31. The second kappa shape index (κ2) is 6.15. The van der Waals surface area contributed by atoms with E-state index in [4.69, 9.17) is 4.74 Å². The fourth-order valence-electron chi connectivity index (χ4n) is 1.84. The molecule has 0 radical (unpaired) electrons. The van der Waals surface area contributed by atoms with E-state index in [-0.39, 0.29) is 11.6 Å². The highest BCUT2D eigenvalue weighted by molar-refractivity contribution is 6.08. The Hall–Kier alpha value is -2.42. The van der Waals surface area contributed by atoms with Gasteiger partial charge in [0.15, 0.2) is 5.78 Å². The average Bonchev–Trinajstić information content (AvgIpc) is 2.46. The molecule has 0 saturated heterocycles. The summed E-state index contributed by atoms with van der Waals surface area (Å²) in [5.74, 6) is 0.110. The SMILES string of the molecule is COc1cc(C)ccc1C(=O)/C=C/c1ccc(F)cc1. The third kappa shape index (κ3) is 3.32. The third-order valence-electron chi connectivity index (χ3n) is 2.92. The molecule has 0 unspecified atom stereocenters. The molecule has 102 valence electrons. The fourth-order valence-corrected chi connectivity index (χ4v) is 1.84. The summed E-state index contributed by atoms with van der Waals surface area (Å²) in [7, 11) is 1.54. The number of hydrogen-bond donors (Lipinski definition) is 0. The van der Waals surface area contributed by atoms with E-state index in [1.54, 1.807) is 24.3 Å². The van der Waals surface area contributed by atoms with Crippen LogP contribution in [0.1, 0.15) is 21.5 Å². The second-order valence-electron chi connectivity index (χ2n) is 4.45. The summed E-state index contributed by atoms with van der Waals surface area (Å²) in [6.45, 7) is 1.94. The molecule has 0 amide bonds. The summed E-state index contributed by atoms with van der Waals surface area (Å²) in [5.41, 5.74) is 2.31. The zero-order valence-corrected chi connectivity index (χ0v) is 11.4. The van der Waals surface area contributed by atoms with E-state index in [1.807, 2.05) is 19.1 Å². The topological polar surface area (TPSA) is 26.3 Å². The van der Waals surface area contributed by atoms with Crippen molar-refractivity contribution in [2.24, 2.45) is 0 Å². The Bertz CT molecular complexity index is 643. The number of ether oxygens (including phenoxy) is 1. The molecular formula is C17H15FO2. The molecule has 0 spiro atoms. The number of allylic oxidation sites excluding steroid dienone is 1. The van der Waals surface area contributed by atoms with Gasteiger partial charge in [0.25, 0.3) is 0 Å². The van der Waals surface area contributed by atoms with Gasteiger partial charge < -0.3 is 4.74 Å². The molecule has 2 aromatic carbocycles. The van der Waals surface area contributed by atoms with Crippen LogP contribution >= 0.6 is 0 Å². The molecule has 0 fully saturated rings. The highest BCUT2D eigenvalue weighted by Gasteiger charge is 2.09. The van der Waals surface area contributed by atoms with Crippen molar-refractivity contribution in [3.63, 3.8) is 0 Å². The van der Waals surface area contributed by atoms with Gasteiger partial charge in [-0.2, -0.15) is 0 Å². The van der Waals surface area contributed by atoms with Crippen molar-refractivity contribution in [2.75, 3.05) is 7.11 Å². The van der Waals surface area contributed by atoms with Crippen LogP contribution in [0.15, 0.2) is 48.5 Å². The smallest absolute Gasteiger partial charge is 0.189 e. The van der Waals surface area contributed by atoms with Crippen LogP contribution in [0.4, 0.5) is 4.39 Å². The van der Waals surface area contributed by atoms with Gasteiger partial charge in [-0.25, -0.2) is 4.39 Å². The zero-order chi connectivity index (χ0) is 14.5. The minimum Gasteiger partial charge on any atom is -0.496 e. The van der Waals surface area contributed by atoms with Crippen LogP contribution < -0.4 is 4.74 Å². The van der Waals surface area contributed by atoms with E-state index in [2.05, 4.69) is 0 Å². The van der Waals surface area contributed by atoms with E-state index in [0.717, 1.165) is 11.1 Å². The summed E-state index contributed by atoms with van der Waals surface area (Å²) in [6, 6.07) is 11.4. The lowest BCUT2D eigenvalue weighted by atomic mass is 10.1. The molecule has 0 aliphatic carbocycles. The maximum Gasteiger partial charge on any atom is 0.189 e. The maximum atomic E-state index is 12.8. The Morgan fingerprint density at radius 2 is 1.85 bits per heavy atom. The minimum atomic E-state index is -0.298. The monoisotopic (exact) mass is 270 g/mol. The Balaban J connectivity index is 2.22. The van der Waals surface area contributed by atoms with Gasteiger partial charge in [-0.1, -0.05) is 24.3 Å². The van der Waals surface area contributed by atoms with Crippen LogP contribution in [0.5, 0.6) is 5.75 Å². The summed E-state index contributed by atoms with van der Waals surface area (Å²) < 4.78 is 18.0. The Labute approximate surface area is 117 Å². The first-order chi connectivity index (χ1) is 9.60. The largest absolute Gasteiger partial charge is 0.496 e. The van der Waals surface area contributed by atoms with Crippen molar-refractivity contribution in [3.05, 3.63) is 71.0 Å². The summed E-state index contributed by atoms with van der Waals surface area (Å²) >= 11 is 0. The fraction of sp³-hybridized carbons (Fsp3) is 0.118. The first kappa shape index (κ1) is 14.0. The van der Waals surface area contributed by atoms with Gasteiger partial charge in [-0.3, -0.25) is 4.79 Å². The number of carbonyl (C=O) groups is 1. The van der Waals surface area contributed by atoms with Crippen LogP contribution in [-0.4, -0.2) is 12.9 Å². The number of ketones is 1. The number of rotatable bonds is 4. The van der Waals surface area contributed by atoms with Crippen LogP contribution in [0.25, 0.3) is 6.08 Å². The van der Waals surface area contributed by atoms with Gasteiger partial charge in [-0.15, -0.1) is 0 Å². The van der Waals surface area contributed by atoms with Crippen LogP contribution in [0.3, 0.4) is 0 Å². The van der Waals surface area contributed by atoms with E-state index in [1.165, 1.54) is 25.3 Å². The molecule has 0 bridgehead atoms. The highest BCUT2D eigenvalue weighted by Crippen LogP contribution is 2.21.